The predicted octanol–water partition coefficient (Wildman–Crippen LogP) is 3.07. The van der Waals surface area contributed by atoms with Gasteiger partial charge in [0.2, 0.25) is 5.43 Å². The zero-order valence-electron chi connectivity index (χ0n) is 14.1. The van der Waals surface area contributed by atoms with Gasteiger partial charge in [-0.3, -0.25) is 19.5 Å². The Kier molecular flexibility index (Phi) is 4.23. The van der Waals surface area contributed by atoms with Gasteiger partial charge in [0, 0.05) is 10.4 Å². The maximum atomic E-state index is 12.9. The fourth-order valence-electron chi connectivity index (χ4n) is 2.94. The lowest BCUT2D eigenvalue weighted by molar-refractivity contribution is -0.274. The first-order chi connectivity index (χ1) is 13.6. The molecular weight excluding hydrogens is 415 g/mol. The fraction of sp³-hybridized carbons (Fsp3) is 0.0556. The third-order valence-corrected chi connectivity index (χ3v) is 4.38. The zero-order chi connectivity index (χ0) is 20.9. The van der Waals surface area contributed by atoms with Crippen molar-refractivity contribution in [2.45, 2.75) is 6.36 Å². The van der Waals surface area contributed by atoms with Crippen LogP contribution in [0.5, 0.6) is 5.75 Å². The number of halogens is 4. The largest absolute Gasteiger partial charge is 0.573 e. The lowest BCUT2D eigenvalue weighted by atomic mass is 10.1. The summed E-state index contributed by atoms with van der Waals surface area (Å²) in [5.41, 5.74) is -2.20. The molecule has 29 heavy (non-hydrogen) atoms. The first-order valence-corrected chi connectivity index (χ1v) is 8.38. The highest BCUT2D eigenvalue weighted by Crippen LogP contribution is 2.23. The lowest BCUT2D eigenvalue weighted by Crippen LogP contribution is -2.32. The molecule has 0 aliphatic heterocycles. The third kappa shape index (κ3) is 3.38. The fourth-order valence-corrected chi connectivity index (χ4v) is 3.11. The van der Waals surface area contributed by atoms with E-state index in [1.807, 2.05) is 0 Å². The number of pyridine rings is 1. The van der Waals surface area contributed by atoms with Crippen molar-refractivity contribution in [1.29, 1.82) is 0 Å². The molecule has 0 amide bonds. The normalized spacial score (nSPS) is 11.9. The molecule has 0 radical (unpaired) electrons. The third-order valence-electron chi connectivity index (χ3n) is 4.15. The van der Waals surface area contributed by atoms with Crippen LogP contribution in [0.4, 0.5) is 13.2 Å². The van der Waals surface area contributed by atoms with Gasteiger partial charge in [-0.05, 0) is 42.5 Å². The number of hydrogen-bond acceptors (Lipinski definition) is 4. The predicted molar refractivity (Wildman–Crippen MR) is 100.0 cm³/mol. The van der Waals surface area contributed by atoms with E-state index in [-0.39, 0.29) is 27.5 Å². The van der Waals surface area contributed by atoms with Gasteiger partial charge in [0.25, 0.3) is 11.1 Å². The van der Waals surface area contributed by atoms with E-state index in [2.05, 4.69) is 14.8 Å². The van der Waals surface area contributed by atoms with Gasteiger partial charge in [-0.2, -0.15) is 0 Å². The molecule has 2 aromatic heterocycles. The molecular formula is C18H9ClF3N3O4. The summed E-state index contributed by atoms with van der Waals surface area (Å²) in [4.78, 5) is 40.8. The number of fused-ring (bicyclic) bond motifs is 2. The molecule has 2 aromatic carbocycles. The Hall–Kier alpha value is -3.53. The van der Waals surface area contributed by atoms with Crippen LogP contribution in [0.15, 0.2) is 56.8 Å². The van der Waals surface area contributed by atoms with Crippen LogP contribution in [-0.4, -0.2) is 21.1 Å². The van der Waals surface area contributed by atoms with Crippen molar-refractivity contribution in [2.24, 2.45) is 0 Å². The second-order valence-electron chi connectivity index (χ2n) is 6.02. The lowest BCUT2D eigenvalue weighted by Gasteiger charge is -2.11. The summed E-state index contributed by atoms with van der Waals surface area (Å²) in [6, 6.07) is 8.57. The summed E-state index contributed by atoms with van der Waals surface area (Å²) in [6.45, 7) is 0. The van der Waals surface area contributed by atoms with Gasteiger partial charge < -0.3 is 9.72 Å². The number of aromatic amines is 2. The highest BCUT2D eigenvalue weighted by molar-refractivity contribution is 6.31. The molecule has 7 nitrogen and oxygen atoms in total. The molecule has 0 atom stereocenters. The van der Waals surface area contributed by atoms with E-state index in [1.165, 1.54) is 18.2 Å². The van der Waals surface area contributed by atoms with Crippen molar-refractivity contribution in [3.05, 3.63) is 78.4 Å². The van der Waals surface area contributed by atoms with Crippen LogP contribution < -0.4 is 21.3 Å². The minimum absolute atomic E-state index is 0.0409. The van der Waals surface area contributed by atoms with Crippen molar-refractivity contribution < 1.29 is 17.9 Å². The van der Waals surface area contributed by atoms with Crippen molar-refractivity contribution in [1.82, 2.24) is 14.8 Å². The summed E-state index contributed by atoms with van der Waals surface area (Å²) < 4.78 is 41.4. The highest BCUT2D eigenvalue weighted by Gasteiger charge is 2.31. The minimum Gasteiger partial charge on any atom is -0.406 e. The van der Waals surface area contributed by atoms with E-state index in [4.69, 9.17) is 11.6 Å². The maximum Gasteiger partial charge on any atom is 0.573 e. The molecule has 4 aromatic rings. The Morgan fingerprint density at radius 1 is 1.00 bits per heavy atom. The molecule has 0 fully saturated rings. The van der Waals surface area contributed by atoms with E-state index >= 15 is 0 Å². The number of H-pyrrole nitrogens is 2. The summed E-state index contributed by atoms with van der Waals surface area (Å²) in [7, 11) is 0. The SMILES string of the molecule is O=c1[nH]n(-c2ccc(OC(F)(F)F)cc2)c(=O)c2c(=O)c3ccc(Cl)cc3[nH]c12. The number of ether oxygens (including phenoxy) is 1. The van der Waals surface area contributed by atoms with Gasteiger partial charge in [-0.25, -0.2) is 4.68 Å². The van der Waals surface area contributed by atoms with Crippen LogP contribution in [0, 0.1) is 0 Å². The molecule has 0 aliphatic carbocycles. The number of hydrogen-bond donors (Lipinski definition) is 2. The Morgan fingerprint density at radius 3 is 2.34 bits per heavy atom. The topological polar surface area (TPSA) is 96.9 Å². The van der Waals surface area contributed by atoms with Crippen LogP contribution in [-0.2, 0) is 0 Å². The molecule has 2 N–H and O–H groups in total. The number of nitrogens with zero attached hydrogens (tertiary/aromatic N) is 1. The van der Waals surface area contributed by atoms with Crippen LogP contribution >= 0.6 is 11.6 Å². The van der Waals surface area contributed by atoms with E-state index in [0.29, 0.717) is 5.02 Å². The summed E-state index contributed by atoms with van der Waals surface area (Å²) in [6.07, 6.45) is -4.87. The monoisotopic (exact) mass is 423 g/mol. The number of aromatic nitrogens is 3. The Balaban J connectivity index is 1.94. The average molecular weight is 424 g/mol. The molecule has 0 saturated carbocycles. The van der Waals surface area contributed by atoms with Gasteiger partial charge >= 0.3 is 6.36 Å². The van der Waals surface area contributed by atoms with Gasteiger partial charge in [0.05, 0.1) is 11.2 Å². The van der Waals surface area contributed by atoms with Gasteiger partial charge in [0.15, 0.2) is 0 Å². The van der Waals surface area contributed by atoms with Crippen molar-refractivity contribution >= 4 is 33.4 Å². The smallest absolute Gasteiger partial charge is 0.406 e. The molecule has 0 spiro atoms. The average Bonchev–Trinajstić information content (AvgIpc) is 2.64. The van der Waals surface area contributed by atoms with Crippen LogP contribution in [0.1, 0.15) is 0 Å². The van der Waals surface area contributed by atoms with Crippen LogP contribution in [0.25, 0.3) is 27.5 Å². The summed E-state index contributed by atoms with van der Waals surface area (Å²) >= 11 is 5.90. The maximum absolute atomic E-state index is 12.9. The van der Waals surface area contributed by atoms with Crippen molar-refractivity contribution in [3.63, 3.8) is 0 Å². The van der Waals surface area contributed by atoms with Crippen LogP contribution in [0.2, 0.25) is 5.02 Å². The van der Waals surface area contributed by atoms with Crippen molar-refractivity contribution in [3.8, 4) is 11.4 Å². The number of nitrogens with one attached hydrogen (secondary N) is 2. The first kappa shape index (κ1) is 18.8. The molecule has 0 saturated heterocycles. The zero-order valence-corrected chi connectivity index (χ0v) is 14.9. The second-order valence-corrected chi connectivity index (χ2v) is 6.45. The number of alkyl halides is 3. The van der Waals surface area contributed by atoms with E-state index < -0.39 is 28.7 Å². The van der Waals surface area contributed by atoms with E-state index in [0.717, 1.165) is 28.9 Å². The molecule has 0 unspecified atom stereocenters. The number of benzene rings is 2. The highest BCUT2D eigenvalue weighted by atomic mass is 35.5. The first-order valence-electron chi connectivity index (χ1n) is 8.01. The van der Waals surface area contributed by atoms with Gasteiger partial charge in [0.1, 0.15) is 16.7 Å². The molecule has 4 rings (SSSR count). The standard InChI is InChI=1S/C18H9ClF3N3O4/c19-8-1-6-11-12(7-8)23-14-13(15(11)26)17(28)25(24-16(14)27)9-2-4-10(5-3-9)29-18(20,21)22/h1-7H,(H,23,26)(H,24,27). The second kappa shape index (κ2) is 6.52. The molecule has 0 bridgehead atoms. The Labute approximate surface area is 162 Å². The van der Waals surface area contributed by atoms with Gasteiger partial charge in [-0.1, -0.05) is 11.6 Å². The minimum atomic E-state index is -4.87. The van der Waals surface area contributed by atoms with Crippen LogP contribution in [0.3, 0.4) is 0 Å². The van der Waals surface area contributed by atoms with Gasteiger partial charge in [-0.15, -0.1) is 13.2 Å². The molecule has 148 valence electrons. The Morgan fingerprint density at radius 2 is 1.69 bits per heavy atom. The molecule has 0 aliphatic rings. The molecule has 2 heterocycles. The van der Waals surface area contributed by atoms with E-state index in [1.54, 1.807) is 0 Å². The molecule has 11 heteroatoms. The summed E-state index contributed by atoms with van der Waals surface area (Å²) in [5.74, 6) is -0.502. The van der Waals surface area contributed by atoms with E-state index in [9.17, 15) is 27.6 Å². The van der Waals surface area contributed by atoms with Crippen molar-refractivity contribution in [2.75, 3.05) is 0 Å². The number of rotatable bonds is 2. The quantitative estimate of drug-likeness (QED) is 0.484. The summed E-state index contributed by atoms with van der Waals surface area (Å²) in [5, 5.41) is 2.39. The Bertz CT molecular complexity index is 1440.